The lowest BCUT2D eigenvalue weighted by Crippen LogP contribution is -2.65. The van der Waals surface area contributed by atoms with Crippen molar-refractivity contribution in [2.75, 3.05) is 26.2 Å². The molecule has 0 bridgehead atoms. The Bertz CT molecular complexity index is 1000. The Kier molecular flexibility index (Phi) is 8.03. The van der Waals surface area contributed by atoms with Gasteiger partial charge in [-0.3, -0.25) is 9.59 Å². The number of nitrogens with one attached hydrogen (secondary N) is 1. The fraction of sp³-hybridized carbons (Fsp3) is 0.704. The molecule has 1 unspecified atom stereocenters. The SMILES string of the molecule is CCCN(CCC)CCN1C(=O)c2cc3sc(CC)cc3n2CC1(C)C(=O)NC1CCCCC1. The van der Waals surface area contributed by atoms with E-state index < -0.39 is 5.54 Å². The second-order valence-corrected chi connectivity index (χ2v) is 11.5. The van der Waals surface area contributed by atoms with Crippen molar-refractivity contribution in [3.8, 4) is 0 Å². The summed E-state index contributed by atoms with van der Waals surface area (Å²) in [6.45, 7) is 12.5. The molecule has 188 valence electrons. The molecule has 1 atom stereocenters. The minimum atomic E-state index is -0.897. The third kappa shape index (κ3) is 4.92. The molecular weight excluding hydrogens is 444 g/mol. The predicted octanol–water partition coefficient (Wildman–Crippen LogP) is 5.05. The summed E-state index contributed by atoms with van der Waals surface area (Å²) in [5.74, 6) is -0.00864. The van der Waals surface area contributed by atoms with Crippen LogP contribution in [0.25, 0.3) is 10.2 Å². The molecule has 0 spiro atoms. The third-order valence-electron chi connectivity index (χ3n) is 7.66. The van der Waals surface area contributed by atoms with Crippen LogP contribution in [0.1, 0.15) is 88.0 Å². The van der Waals surface area contributed by atoms with E-state index in [0.717, 1.165) is 67.6 Å². The van der Waals surface area contributed by atoms with Gasteiger partial charge in [-0.05, 0) is 64.3 Å². The first-order valence-electron chi connectivity index (χ1n) is 13.4. The van der Waals surface area contributed by atoms with Gasteiger partial charge in [0.2, 0.25) is 5.91 Å². The molecule has 2 aromatic rings. The quantitative estimate of drug-likeness (QED) is 0.511. The van der Waals surface area contributed by atoms with Gasteiger partial charge in [0.15, 0.2) is 0 Å². The normalized spacial score (nSPS) is 21.4. The van der Waals surface area contributed by atoms with Crippen LogP contribution in [-0.4, -0.2) is 63.9 Å². The molecule has 34 heavy (non-hydrogen) atoms. The summed E-state index contributed by atoms with van der Waals surface area (Å²) in [5, 5.41) is 3.35. The van der Waals surface area contributed by atoms with Crippen molar-refractivity contribution < 1.29 is 9.59 Å². The van der Waals surface area contributed by atoms with E-state index in [2.05, 4.69) is 41.6 Å². The van der Waals surface area contributed by atoms with Gasteiger partial charge in [-0.15, -0.1) is 11.3 Å². The van der Waals surface area contributed by atoms with Crippen molar-refractivity contribution in [2.45, 2.75) is 97.2 Å². The average Bonchev–Trinajstić information content (AvgIpc) is 3.38. The summed E-state index contributed by atoms with van der Waals surface area (Å²) in [6.07, 6.45) is 8.84. The Hall–Kier alpha value is -1.86. The van der Waals surface area contributed by atoms with Gasteiger partial charge in [0.05, 0.1) is 16.8 Å². The molecule has 1 aliphatic heterocycles. The van der Waals surface area contributed by atoms with Crippen LogP contribution in [0.2, 0.25) is 0 Å². The van der Waals surface area contributed by atoms with Gasteiger partial charge in [-0.25, -0.2) is 0 Å². The first-order valence-corrected chi connectivity index (χ1v) is 14.2. The second kappa shape index (κ2) is 10.8. The van der Waals surface area contributed by atoms with Crippen LogP contribution in [0.15, 0.2) is 12.1 Å². The van der Waals surface area contributed by atoms with E-state index in [1.807, 2.05) is 17.9 Å². The predicted molar refractivity (Wildman–Crippen MR) is 141 cm³/mol. The summed E-state index contributed by atoms with van der Waals surface area (Å²) in [7, 11) is 0. The van der Waals surface area contributed by atoms with E-state index in [4.69, 9.17) is 0 Å². The lowest BCUT2D eigenvalue weighted by molar-refractivity contribution is -0.133. The number of amides is 2. The highest BCUT2D eigenvalue weighted by Crippen LogP contribution is 2.36. The molecule has 2 aromatic heterocycles. The maximum atomic E-state index is 13.9. The van der Waals surface area contributed by atoms with Crippen LogP contribution in [0.5, 0.6) is 0 Å². The van der Waals surface area contributed by atoms with Crippen molar-refractivity contribution in [1.29, 1.82) is 0 Å². The lowest BCUT2D eigenvalue weighted by Gasteiger charge is -2.45. The van der Waals surface area contributed by atoms with Crippen molar-refractivity contribution in [3.63, 3.8) is 0 Å². The maximum absolute atomic E-state index is 13.9. The number of carbonyl (C=O) groups is 2. The smallest absolute Gasteiger partial charge is 0.271 e. The summed E-state index contributed by atoms with van der Waals surface area (Å²) in [6, 6.07) is 4.48. The number of rotatable bonds is 10. The van der Waals surface area contributed by atoms with E-state index in [1.54, 1.807) is 11.3 Å². The molecule has 7 heteroatoms. The van der Waals surface area contributed by atoms with Crippen molar-refractivity contribution in [3.05, 3.63) is 22.7 Å². The number of nitrogens with zero attached hydrogens (tertiary/aromatic N) is 3. The topological polar surface area (TPSA) is 57.6 Å². The summed E-state index contributed by atoms with van der Waals surface area (Å²) in [5.41, 5.74) is 0.927. The molecule has 6 nitrogen and oxygen atoms in total. The minimum Gasteiger partial charge on any atom is -0.351 e. The summed E-state index contributed by atoms with van der Waals surface area (Å²) in [4.78, 5) is 33.3. The van der Waals surface area contributed by atoms with Crippen LogP contribution in [-0.2, 0) is 17.8 Å². The average molecular weight is 487 g/mol. The molecule has 2 amide bonds. The molecule has 1 fully saturated rings. The fourth-order valence-corrected chi connectivity index (χ4v) is 6.75. The molecular formula is C27H42N4O2S. The number of thiophene rings is 1. The van der Waals surface area contributed by atoms with Crippen molar-refractivity contribution in [2.24, 2.45) is 0 Å². The monoisotopic (exact) mass is 486 g/mol. The number of aromatic nitrogens is 1. The van der Waals surface area contributed by atoms with Crippen molar-refractivity contribution in [1.82, 2.24) is 19.7 Å². The molecule has 1 aliphatic carbocycles. The zero-order valence-electron chi connectivity index (χ0n) is 21.5. The first kappa shape index (κ1) is 25.2. The highest BCUT2D eigenvalue weighted by molar-refractivity contribution is 7.19. The fourth-order valence-electron chi connectivity index (χ4n) is 5.71. The Morgan fingerprint density at radius 3 is 2.47 bits per heavy atom. The van der Waals surface area contributed by atoms with Crippen LogP contribution in [0.4, 0.5) is 0 Å². The zero-order valence-corrected chi connectivity index (χ0v) is 22.3. The highest BCUT2D eigenvalue weighted by Gasteiger charge is 2.48. The van der Waals surface area contributed by atoms with E-state index in [9.17, 15) is 9.59 Å². The molecule has 4 rings (SSSR count). The molecule has 3 heterocycles. The maximum Gasteiger partial charge on any atom is 0.271 e. The molecule has 1 N–H and O–H groups in total. The number of aryl methyl sites for hydroxylation is 1. The van der Waals surface area contributed by atoms with Gasteiger partial charge in [0, 0.05) is 24.0 Å². The molecule has 0 radical (unpaired) electrons. The number of hydrogen-bond acceptors (Lipinski definition) is 4. The Labute approximate surface area is 208 Å². The Morgan fingerprint density at radius 2 is 1.82 bits per heavy atom. The molecule has 0 aromatic carbocycles. The number of fused-ring (bicyclic) bond motifs is 3. The van der Waals surface area contributed by atoms with E-state index >= 15 is 0 Å². The molecule has 2 aliphatic rings. The zero-order chi connectivity index (χ0) is 24.3. The number of carbonyl (C=O) groups excluding carboxylic acids is 2. The van der Waals surface area contributed by atoms with Gasteiger partial charge >= 0.3 is 0 Å². The minimum absolute atomic E-state index is 0.00345. The van der Waals surface area contributed by atoms with Crippen LogP contribution in [0, 0.1) is 0 Å². The van der Waals surface area contributed by atoms with E-state index in [0.29, 0.717) is 13.1 Å². The molecule has 0 saturated heterocycles. The van der Waals surface area contributed by atoms with Gasteiger partial charge in [-0.1, -0.05) is 40.0 Å². The van der Waals surface area contributed by atoms with Gasteiger partial charge in [0.1, 0.15) is 11.2 Å². The van der Waals surface area contributed by atoms with Gasteiger partial charge in [-0.2, -0.15) is 0 Å². The second-order valence-electron chi connectivity index (χ2n) is 10.3. The van der Waals surface area contributed by atoms with Crippen LogP contribution >= 0.6 is 11.3 Å². The van der Waals surface area contributed by atoms with E-state index in [-0.39, 0.29) is 17.9 Å². The highest BCUT2D eigenvalue weighted by atomic mass is 32.1. The lowest BCUT2D eigenvalue weighted by atomic mass is 9.91. The Balaban J connectivity index is 1.65. The molecule has 1 saturated carbocycles. The van der Waals surface area contributed by atoms with Crippen molar-refractivity contribution >= 4 is 33.4 Å². The third-order valence-corrected chi connectivity index (χ3v) is 8.88. The van der Waals surface area contributed by atoms with Crippen LogP contribution in [0.3, 0.4) is 0 Å². The van der Waals surface area contributed by atoms with Gasteiger partial charge in [0.25, 0.3) is 5.91 Å². The standard InChI is InChI=1S/C27H42N4O2S/c1-5-13-29(14-6-2)15-16-31-25(32)23-18-24-22(17-21(7-3)34-24)30(23)19-27(31,4)26(33)28-20-11-9-8-10-12-20/h17-18,20H,5-16,19H2,1-4H3,(H,28,33). The Morgan fingerprint density at radius 1 is 1.12 bits per heavy atom. The van der Waals surface area contributed by atoms with Gasteiger partial charge < -0.3 is 19.7 Å². The van der Waals surface area contributed by atoms with E-state index in [1.165, 1.54) is 24.1 Å². The largest absolute Gasteiger partial charge is 0.351 e. The summed E-state index contributed by atoms with van der Waals surface area (Å²) < 4.78 is 3.26. The number of hydrogen-bond donors (Lipinski definition) is 1. The summed E-state index contributed by atoms with van der Waals surface area (Å²) >= 11 is 1.76. The first-order chi connectivity index (χ1) is 16.4. The van der Waals surface area contributed by atoms with Crippen LogP contribution < -0.4 is 5.32 Å².